The zero-order chi connectivity index (χ0) is 17.1. The van der Waals surface area contributed by atoms with E-state index in [1.165, 1.54) is 11.1 Å². The molecule has 5 heteroatoms. The summed E-state index contributed by atoms with van der Waals surface area (Å²) in [7, 11) is 0. The van der Waals surface area contributed by atoms with E-state index in [4.69, 9.17) is 10.7 Å². The maximum absolute atomic E-state index is 5.94. The number of nitrogen functional groups attached to an aromatic ring is 1. The molecule has 1 aliphatic rings. The molecule has 124 valence electrons. The Kier molecular flexibility index (Phi) is 4.23. The van der Waals surface area contributed by atoms with Gasteiger partial charge in [0.1, 0.15) is 5.69 Å². The number of rotatable bonds is 3. The number of nitrogens with two attached hydrogens (primary N) is 1. The third-order valence-electron chi connectivity index (χ3n) is 4.31. The van der Waals surface area contributed by atoms with Crippen LogP contribution in [-0.4, -0.2) is 28.0 Å². The number of anilines is 1. The van der Waals surface area contributed by atoms with Gasteiger partial charge in [0.25, 0.3) is 0 Å². The van der Waals surface area contributed by atoms with Gasteiger partial charge in [0.15, 0.2) is 5.82 Å². The number of aromatic nitrogens is 3. The van der Waals surface area contributed by atoms with E-state index in [1.54, 1.807) is 12.4 Å². The van der Waals surface area contributed by atoms with E-state index >= 15 is 0 Å². The van der Waals surface area contributed by atoms with E-state index in [1.807, 2.05) is 18.2 Å². The standard InChI is InChI=1S/C20H19N5/c21-20-19(23-11-12-24-20)18-6-2-5-17(25-18)16-4-1-3-15(13-16)14-7-9-22-10-8-14/h1-7,11-13,22H,8-10H2,(H2,21,24). The zero-order valence-corrected chi connectivity index (χ0v) is 13.8. The van der Waals surface area contributed by atoms with Crippen LogP contribution in [0.5, 0.6) is 0 Å². The molecule has 0 radical (unpaired) electrons. The summed E-state index contributed by atoms with van der Waals surface area (Å²) < 4.78 is 0. The molecule has 0 saturated carbocycles. The average molecular weight is 329 g/mol. The first-order chi connectivity index (χ1) is 12.3. The second kappa shape index (κ2) is 6.83. The minimum absolute atomic E-state index is 0.390. The molecular weight excluding hydrogens is 310 g/mol. The summed E-state index contributed by atoms with van der Waals surface area (Å²) in [5.41, 5.74) is 11.9. The van der Waals surface area contributed by atoms with Crippen molar-refractivity contribution < 1.29 is 0 Å². The van der Waals surface area contributed by atoms with Crippen LogP contribution in [0.2, 0.25) is 0 Å². The Bertz CT molecular complexity index is 933. The molecule has 2 aromatic heterocycles. The summed E-state index contributed by atoms with van der Waals surface area (Å²) in [5.74, 6) is 0.390. The van der Waals surface area contributed by atoms with Crippen molar-refractivity contribution in [3.05, 3.63) is 66.5 Å². The molecule has 0 unspecified atom stereocenters. The highest BCUT2D eigenvalue weighted by Gasteiger charge is 2.10. The lowest BCUT2D eigenvalue weighted by Gasteiger charge is -2.15. The molecule has 3 heterocycles. The molecule has 3 aromatic rings. The third kappa shape index (κ3) is 3.27. The highest BCUT2D eigenvalue weighted by Crippen LogP contribution is 2.27. The van der Waals surface area contributed by atoms with Crippen molar-refractivity contribution in [2.24, 2.45) is 0 Å². The normalized spacial score (nSPS) is 14.2. The molecule has 5 nitrogen and oxygen atoms in total. The first-order valence-corrected chi connectivity index (χ1v) is 8.36. The Morgan fingerprint density at radius 3 is 2.56 bits per heavy atom. The molecule has 1 aromatic carbocycles. The Hall–Kier alpha value is -3.05. The minimum atomic E-state index is 0.390. The molecule has 0 saturated heterocycles. The number of nitrogens with one attached hydrogen (secondary N) is 1. The number of hydrogen-bond acceptors (Lipinski definition) is 5. The van der Waals surface area contributed by atoms with Crippen molar-refractivity contribution >= 4 is 11.4 Å². The van der Waals surface area contributed by atoms with Crippen molar-refractivity contribution in [3.63, 3.8) is 0 Å². The van der Waals surface area contributed by atoms with Crippen molar-refractivity contribution in [2.75, 3.05) is 18.8 Å². The van der Waals surface area contributed by atoms with E-state index in [9.17, 15) is 0 Å². The average Bonchev–Trinajstić information content (AvgIpc) is 2.69. The predicted octanol–water partition coefficient (Wildman–Crippen LogP) is 3.16. The van der Waals surface area contributed by atoms with Crippen molar-refractivity contribution in [3.8, 4) is 22.6 Å². The summed E-state index contributed by atoms with van der Waals surface area (Å²) in [6.07, 6.45) is 6.52. The lowest BCUT2D eigenvalue weighted by atomic mass is 9.97. The molecular formula is C20H19N5. The van der Waals surface area contributed by atoms with Crippen LogP contribution in [0, 0.1) is 0 Å². The number of pyridine rings is 1. The second-order valence-corrected chi connectivity index (χ2v) is 5.96. The number of benzene rings is 1. The molecule has 0 atom stereocenters. The molecule has 0 amide bonds. The van der Waals surface area contributed by atoms with Gasteiger partial charge in [-0.15, -0.1) is 0 Å². The predicted molar refractivity (Wildman–Crippen MR) is 101 cm³/mol. The maximum Gasteiger partial charge on any atom is 0.151 e. The van der Waals surface area contributed by atoms with Crippen molar-refractivity contribution in [2.45, 2.75) is 6.42 Å². The van der Waals surface area contributed by atoms with E-state index in [0.717, 1.165) is 36.5 Å². The fraction of sp³-hybridized carbons (Fsp3) is 0.150. The molecule has 0 fully saturated rings. The Morgan fingerprint density at radius 1 is 0.920 bits per heavy atom. The first kappa shape index (κ1) is 15.5. The summed E-state index contributed by atoms with van der Waals surface area (Å²) in [4.78, 5) is 13.1. The van der Waals surface area contributed by atoms with Crippen molar-refractivity contribution in [1.29, 1.82) is 0 Å². The first-order valence-electron chi connectivity index (χ1n) is 8.36. The van der Waals surface area contributed by atoms with Crippen LogP contribution in [0.25, 0.3) is 28.2 Å². The molecule has 4 rings (SSSR count). The summed E-state index contributed by atoms with van der Waals surface area (Å²) >= 11 is 0. The highest BCUT2D eigenvalue weighted by molar-refractivity contribution is 5.74. The van der Waals surface area contributed by atoms with Gasteiger partial charge in [0, 0.05) is 24.5 Å². The van der Waals surface area contributed by atoms with Gasteiger partial charge in [0.05, 0.1) is 11.4 Å². The summed E-state index contributed by atoms with van der Waals surface area (Å²) in [6.45, 7) is 1.95. The van der Waals surface area contributed by atoms with Gasteiger partial charge in [-0.05, 0) is 42.3 Å². The summed E-state index contributed by atoms with van der Waals surface area (Å²) in [6, 6.07) is 14.4. The molecule has 25 heavy (non-hydrogen) atoms. The van der Waals surface area contributed by atoms with Gasteiger partial charge in [-0.1, -0.05) is 30.3 Å². The SMILES string of the molecule is Nc1nccnc1-c1cccc(-c2cccc(C3=CCNCC3)c2)n1. The topological polar surface area (TPSA) is 76.7 Å². The second-order valence-electron chi connectivity index (χ2n) is 5.96. The molecule has 3 N–H and O–H groups in total. The number of nitrogens with zero attached hydrogens (tertiary/aromatic N) is 3. The molecule has 0 spiro atoms. The fourth-order valence-corrected chi connectivity index (χ4v) is 3.04. The van der Waals surface area contributed by atoms with Crippen LogP contribution in [0.3, 0.4) is 0 Å². The molecule has 0 aliphatic carbocycles. The van der Waals surface area contributed by atoms with Crippen LogP contribution < -0.4 is 11.1 Å². The Labute approximate surface area is 146 Å². The van der Waals surface area contributed by atoms with E-state index in [2.05, 4.69) is 45.6 Å². The Balaban J connectivity index is 1.72. The lowest BCUT2D eigenvalue weighted by molar-refractivity contribution is 0.738. The number of hydrogen-bond donors (Lipinski definition) is 2. The minimum Gasteiger partial charge on any atom is -0.382 e. The van der Waals surface area contributed by atoms with Gasteiger partial charge in [0.2, 0.25) is 0 Å². The van der Waals surface area contributed by atoms with Gasteiger partial charge in [-0.25, -0.2) is 15.0 Å². The molecule has 1 aliphatic heterocycles. The van der Waals surface area contributed by atoms with Gasteiger partial charge in [-0.3, -0.25) is 0 Å². The van der Waals surface area contributed by atoms with E-state index in [-0.39, 0.29) is 0 Å². The largest absolute Gasteiger partial charge is 0.382 e. The van der Waals surface area contributed by atoms with Gasteiger partial charge < -0.3 is 11.1 Å². The lowest BCUT2D eigenvalue weighted by Crippen LogP contribution is -2.19. The smallest absolute Gasteiger partial charge is 0.151 e. The summed E-state index contributed by atoms with van der Waals surface area (Å²) in [5, 5.41) is 3.35. The van der Waals surface area contributed by atoms with Crippen molar-refractivity contribution in [1.82, 2.24) is 20.3 Å². The van der Waals surface area contributed by atoms with Gasteiger partial charge >= 0.3 is 0 Å². The maximum atomic E-state index is 5.94. The van der Waals surface area contributed by atoms with E-state index < -0.39 is 0 Å². The van der Waals surface area contributed by atoms with Crippen LogP contribution >= 0.6 is 0 Å². The highest BCUT2D eigenvalue weighted by atomic mass is 14.9. The van der Waals surface area contributed by atoms with Crippen LogP contribution in [-0.2, 0) is 0 Å². The monoisotopic (exact) mass is 329 g/mol. The van der Waals surface area contributed by atoms with Crippen LogP contribution in [0.1, 0.15) is 12.0 Å². The van der Waals surface area contributed by atoms with Crippen LogP contribution in [0.15, 0.2) is 60.9 Å². The quantitative estimate of drug-likeness (QED) is 0.772. The van der Waals surface area contributed by atoms with Gasteiger partial charge in [-0.2, -0.15) is 0 Å². The Morgan fingerprint density at radius 2 is 1.72 bits per heavy atom. The van der Waals surface area contributed by atoms with E-state index in [0.29, 0.717) is 11.5 Å². The molecule has 0 bridgehead atoms. The van der Waals surface area contributed by atoms with Crippen LogP contribution in [0.4, 0.5) is 5.82 Å². The fourth-order valence-electron chi connectivity index (χ4n) is 3.04. The zero-order valence-electron chi connectivity index (χ0n) is 13.8. The third-order valence-corrected chi connectivity index (χ3v) is 4.31.